The van der Waals surface area contributed by atoms with Gasteiger partial charge in [-0.15, -0.1) is 11.8 Å². The summed E-state index contributed by atoms with van der Waals surface area (Å²) in [5.74, 6) is -0.589. The van der Waals surface area contributed by atoms with Crippen LogP contribution < -0.4 is 9.62 Å². The van der Waals surface area contributed by atoms with Crippen LogP contribution >= 0.6 is 11.8 Å². The molecule has 3 rings (SSSR count). The maximum Gasteiger partial charge on any atom is 0.325 e. The van der Waals surface area contributed by atoms with Gasteiger partial charge in [-0.25, -0.2) is 13.1 Å². The van der Waals surface area contributed by atoms with E-state index in [1.807, 2.05) is 0 Å². The standard InChI is InChI=1S/C19H26N2O5S2/c1-26-19(23)12-21-16-11-15(9-10-17(16)27-13-18(21)22)28(24,25)20-14-7-5-3-2-4-6-8-14/h9-11,14,20H,2-8,12-13H2,1H3. The van der Waals surface area contributed by atoms with Gasteiger partial charge in [-0.3, -0.25) is 14.5 Å². The molecule has 1 aromatic carbocycles. The van der Waals surface area contributed by atoms with Gasteiger partial charge in [-0.05, 0) is 31.0 Å². The molecule has 2 aliphatic rings. The van der Waals surface area contributed by atoms with Crippen LogP contribution in [-0.2, 0) is 24.3 Å². The molecule has 0 aromatic heterocycles. The van der Waals surface area contributed by atoms with Crippen LogP contribution in [0.3, 0.4) is 0 Å². The summed E-state index contributed by atoms with van der Waals surface area (Å²) in [6.07, 6.45) is 7.22. The quantitative estimate of drug-likeness (QED) is 0.728. The van der Waals surface area contributed by atoms with Crippen molar-refractivity contribution in [2.75, 3.05) is 24.3 Å². The third kappa shape index (κ3) is 5.07. The largest absolute Gasteiger partial charge is 0.468 e. The summed E-state index contributed by atoms with van der Waals surface area (Å²) in [4.78, 5) is 26.2. The smallest absolute Gasteiger partial charge is 0.325 e. The Bertz CT molecular complexity index is 833. The molecule has 1 aromatic rings. The number of carbonyl (C=O) groups excluding carboxylic acids is 2. The summed E-state index contributed by atoms with van der Waals surface area (Å²) in [5.41, 5.74) is 0.437. The molecule has 28 heavy (non-hydrogen) atoms. The van der Waals surface area contributed by atoms with E-state index < -0.39 is 16.0 Å². The van der Waals surface area contributed by atoms with Crippen LogP contribution in [-0.4, -0.2) is 45.7 Å². The van der Waals surface area contributed by atoms with Crippen molar-refractivity contribution in [1.82, 2.24) is 4.72 Å². The zero-order chi connectivity index (χ0) is 20.1. The fraction of sp³-hybridized carbons (Fsp3) is 0.579. The Labute approximate surface area is 170 Å². The molecule has 0 saturated heterocycles. The first-order valence-electron chi connectivity index (χ1n) is 9.57. The number of rotatable bonds is 5. The van der Waals surface area contributed by atoms with E-state index in [9.17, 15) is 18.0 Å². The average molecular weight is 427 g/mol. The second-order valence-corrected chi connectivity index (χ2v) is 9.87. The lowest BCUT2D eigenvalue weighted by Crippen LogP contribution is -2.40. The number of anilines is 1. The molecule has 0 bridgehead atoms. The molecule has 0 spiro atoms. The van der Waals surface area contributed by atoms with E-state index in [1.165, 1.54) is 36.3 Å². The maximum atomic E-state index is 12.9. The van der Waals surface area contributed by atoms with Crippen LogP contribution in [0.25, 0.3) is 0 Å². The molecule has 154 valence electrons. The van der Waals surface area contributed by atoms with Gasteiger partial charge in [-0.1, -0.05) is 32.1 Å². The van der Waals surface area contributed by atoms with Crippen LogP contribution in [0.1, 0.15) is 44.9 Å². The molecule has 1 N–H and O–H groups in total. The molecule has 1 aliphatic carbocycles. The molecule has 1 fully saturated rings. The predicted octanol–water partition coefficient (Wildman–Crippen LogP) is 2.69. The zero-order valence-corrected chi connectivity index (χ0v) is 17.6. The highest BCUT2D eigenvalue weighted by Gasteiger charge is 2.29. The molecule has 9 heteroatoms. The second-order valence-electron chi connectivity index (χ2n) is 7.14. The first-order valence-corrected chi connectivity index (χ1v) is 12.0. The van der Waals surface area contributed by atoms with E-state index in [0.29, 0.717) is 5.69 Å². The lowest BCUT2D eigenvalue weighted by Gasteiger charge is -2.28. The Kier molecular flexibility index (Phi) is 7.00. The molecule has 0 radical (unpaired) electrons. The van der Waals surface area contributed by atoms with Crippen molar-refractivity contribution < 1.29 is 22.7 Å². The van der Waals surface area contributed by atoms with Gasteiger partial charge in [-0.2, -0.15) is 0 Å². The Morgan fingerprint density at radius 1 is 1.21 bits per heavy atom. The van der Waals surface area contributed by atoms with Crippen LogP contribution in [0, 0.1) is 0 Å². The third-order valence-corrected chi connectivity index (χ3v) is 7.69. The minimum atomic E-state index is -3.71. The molecule has 1 amide bonds. The normalized spacial score (nSPS) is 18.9. The van der Waals surface area contributed by atoms with E-state index in [-0.39, 0.29) is 29.1 Å². The molecular weight excluding hydrogens is 400 g/mol. The van der Waals surface area contributed by atoms with Crippen molar-refractivity contribution in [3.05, 3.63) is 18.2 Å². The molecule has 7 nitrogen and oxygen atoms in total. The van der Waals surface area contributed by atoms with Crippen LogP contribution in [0.15, 0.2) is 28.0 Å². The van der Waals surface area contributed by atoms with Crippen LogP contribution in [0.2, 0.25) is 0 Å². The highest BCUT2D eigenvalue weighted by atomic mass is 32.2. The van der Waals surface area contributed by atoms with Crippen molar-refractivity contribution in [1.29, 1.82) is 0 Å². The van der Waals surface area contributed by atoms with Crippen molar-refractivity contribution >= 4 is 39.3 Å². The number of thioether (sulfide) groups is 1. The molecule has 0 unspecified atom stereocenters. The fourth-order valence-electron chi connectivity index (χ4n) is 3.58. The lowest BCUT2D eigenvalue weighted by atomic mass is 9.97. The third-order valence-electron chi connectivity index (χ3n) is 5.13. The van der Waals surface area contributed by atoms with Gasteiger partial charge in [0.15, 0.2) is 0 Å². The zero-order valence-electron chi connectivity index (χ0n) is 16.0. The summed E-state index contributed by atoms with van der Waals surface area (Å²) < 4.78 is 33.4. The maximum absolute atomic E-state index is 12.9. The first-order chi connectivity index (χ1) is 13.4. The van der Waals surface area contributed by atoms with Crippen molar-refractivity contribution in [3.63, 3.8) is 0 Å². The molecule has 1 aliphatic heterocycles. The number of hydrogen-bond acceptors (Lipinski definition) is 6. The summed E-state index contributed by atoms with van der Waals surface area (Å²) in [5, 5.41) is 0. The highest BCUT2D eigenvalue weighted by molar-refractivity contribution is 8.00. The second kappa shape index (κ2) is 9.28. The SMILES string of the molecule is COC(=O)CN1C(=O)CSc2ccc(S(=O)(=O)NC3CCCCCCC3)cc21. The fourth-order valence-corrected chi connectivity index (χ4v) is 5.82. The molecule has 1 heterocycles. The summed E-state index contributed by atoms with van der Waals surface area (Å²) in [6, 6.07) is 4.67. The Balaban J connectivity index is 1.84. The van der Waals surface area contributed by atoms with E-state index in [0.717, 1.165) is 43.4 Å². The molecule has 1 saturated carbocycles. The van der Waals surface area contributed by atoms with E-state index >= 15 is 0 Å². The van der Waals surface area contributed by atoms with E-state index in [2.05, 4.69) is 9.46 Å². The van der Waals surface area contributed by atoms with Crippen molar-refractivity contribution in [3.8, 4) is 0 Å². The van der Waals surface area contributed by atoms with Gasteiger partial charge >= 0.3 is 5.97 Å². The van der Waals surface area contributed by atoms with Gasteiger partial charge in [0, 0.05) is 10.9 Å². The van der Waals surface area contributed by atoms with Crippen molar-refractivity contribution in [2.45, 2.75) is 60.8 Å². The summed E-state index contributed by atoms with van der Waals surface area (Å²) in [6.45, 7) is -0.234. The van der Waals surface area contributed by atoms with Gasteiger partial charge < -0.3 is 4.74 Å². The minimum Gasteiger partial charge on any atom is -0.468 e. The number of methoxy groups -OCH3 is 1. The summed E-state index contributed by atoms with van der Waals surface area (Å²) in [7, 11) is -2.45. The minimum absolute atomic E-state index is 0.0662. The number of nitrogens with zero attached hydrogens (tertiary/aromatic N) is 1. The number of ether oxygens (including phenoxy) is 1. The molecular formula is C19H26N2O5S2. The number of nitrogens with one attached hydrogen (secondary N) is 1. The van der Waals surface area contributed by atoms with Gasteiger partial charge in [0.25, 0.3) is 0 Å². The Morgan fingerprint density at radius 3 is 2.57 bits per heavy atom. The number of amides is 1. The van der Waals surface area contributed by atoms with Crippen LogP contribution in [0.5, 0.6) is 0 Å². The average Bonchev–Trinajstić information content (AvgIpc) is 2.65. The predicted molar refractivity (Wildman–Crippen MR) is 108 cm³/mol. The summed E-state index contributed by atoms with van der Waals surface area (Å²) >= 11 is 1.34. The Hall–Kier alpha value is -1.58. The van der Waals surface area contributed by atoms with E-state index in [1.54, 1.807) is 12.1 Å². The number of benzene rings is 1. The Morgan fingerprint density at radius 2 is 1.89 bits per heavy atom. The number of esters is 1. The first kappa shape index (κ1) is 21.1. The van der Waals surface area contributed by atoms with Crippen LogP contribution in [0.4, 0.5) is 5.69 Å². The monoisotopic (exact) mass is 426 g/mol. The number of sulfonamides is 1. The number of carbonyl (C=O) groups is 2. The van der Waals surface area contributed by atoms with Crippen molar-refractivity contribution in [2.24, 2.45) is 0 Å². The number of fused-ring (bicyclic) bond motifs is 1. The number of hydrogen-bond donors (Lipinski definition) is 1. The lowest BCUT2D eigenvalue weighted by molar-refractivity contribution is -0.139. The van der Waals surface area contributed by atoms with Gasteiger partial charge in [0.2, 0.25) is 15.9 Å². The highest BCUT2D eigenvalue weighted by Crippen LogP contribution is 2.37. The van der Waals surface area contributed by atoms with E-state index in [4.69, 9.17) is 0 Å². The van der Waals surface area contributed by atoms with Gasteiger partial charge in [0.1, 0.15) is 6.54 Å². The topological polar surface area (TPSA) is 92.8 Å². The molecule has 0 atom stereocenters. The van der Waals surface area contributed by atoms with Gasteiger partial charge in [0.05, 0.1) is 23.4 Å².